The van der Waals surface area contributed by atoms with Crippen molar-refractivity contribution in [3.8, 4) is 11.3 Å². The molecule has 2 aromatic carbocycles. The van der Waals surface area contributed by atoms with Crippen molar-refractivity contribution in [2.45, 2.75) is 6.54 Å². The lowest BCUT2D eigenvalue weighted by atomic mass is 10.1. The second-order valence-corrected chi connectivity index (χ2v) is 7.29. The monoisotopic (exact) mass is 461 g/mol. The Morgan fingerprint density at radius 1 is 1.03 bits per heavy atom. The van der Waals surface area contributed by atoms with Crippen LogP contribution in [-0.4, -0.2) is 33.0 Å². The van der Waals surface area contributed by atoms with Gasteiger partial charge in [-0.1, -0.05) is 30.3 Å². The van der Waals surface area contributed by atoms with Crippen LogP contribution in [0.4, 0.5) is 26.2 Å². The molecule has 0 unspecified atom stereocenters. The molecule has 0 fully saturated rings. The highest BCUT2D eigenvalue weighted by Gasteiger charge is 2.14. The van der Waals surface area contributed by atoms with Gasteiger partial charge in [-0.25, -0.2) is 23.7 Å². The smallest absolute Gasteiger partial charge is 0.287 e. The maximum Gasteiger partial charge on any atom is 0.287 e. The number of aromatic nitrogens is 3. The molecule has 0 amide bonds. The number of nitrogens with one attached hydrogen (secondary N) is 1. The van der Waals surface area contributed by atoms with Crippen molar-refractivity contribution in [2.75, 3.05) is 23.3 Å². The van der Waals surface area contributed by atoms with Gasteiger partial charge in [0.25, 0.3) is 5.69 Å². The topological polar surface area (TPSA) is 97.1 Å². The lowest BCUT2D eigenvalue weighted by Crippen LogP contribution is -2.30. The number of benzene rings is 2. The molecule has 0 bridgehead atoms. The fourth-order valence-corrected chi connectivity index (χ4v) is 3.24. The van der Waals surface area contributed by atoms with Crippen LogP contribution in [0, 0.1) is 27.8 Å². The molecule has 0 saturated heterocycles. The van der Waals surface area contributed by atoms with Crippen LogP contribution in [0.1, 0.15) is 5.56 Å². The van der Waals surface area contributed by atoms with Crippen LogP contribution >= 0.6 is 0 Å². The Hall–Kier alpha value is -4.47. The van der Waals surface area contributed by atoms with Crippen LogP contribution in [0.25, 0.3) is 11.3 Å². The average molecular weight is 461 g/mol. The summed E-state index contributed by atoms with van der Waals surface area (Å²) in [5.41, 5.74) is 2.05. The van der Waals surface area contributed by atoms with E-state index in [1.54, 1.807) is 24.4 Å². The van der Waals surface area contributed by atoms with Crippen LogP contribution < -0.4 is 10.2 Å². The van der Waals surface area contributed by atoms with Gasteiger partial charge in [0, 0.05) is 37.5 Å². The van der Waals surface area contributed by atoms with Crippen molar-refractivity contribution in [2.24, 2.45) is 0 Å². The van der Waals surface area contributed by atoms with Gasteiger partial charge >= 0.3 is 0 Å². The number of hydrogen-bond donors (Lipinski definition) is 1. The number of nitro groups is 1. The molecule has 2 aromatic heterocycles. The molecule has 0 aliphatic heterocycles. The number of pyridine rings is 1. The fourth-order valence-electron chi connectivity index (χ4n) is 3.24. The van der Waals surface area contributed by atoms with E-state index in [4.69, 9.17) is 0 Å². The van der Waals surface area contributed by atoms with Gasteiger partial charge < -0.3 is 10.2 Å². The first-order chi connectivity index (χ1) is 16.5. The zero-order chi connectivity index (χ0) is 23.9. The molecule has 34 heavy (non-hydrogen) atoms. The highest BCUT2D eigenvalue weighted by molar-refractivity contribution is 5.59. The fraction of sp³-hybridized carbons (Fsp3) is 0.125. The zero-order valence-corrected chi connectivity index (χ0v) is 17.9. The van der Waals surface area contributed by atoms with E-state index in [-0.39, 0.29) is 12.2 Å². The van der Waals surface area contributed by atoms with Crippen LogP contribution in [0.15, 0.2) is 73.1 Å². The van der Waals surface area contributed by atoms with Gasteiger partial charge in [-0.2, -0.15) is 0 Å². The molecule has 10 heteroatoms. The standard InChI is InChI=1S/C24H19F2N6O2/c25-20-8-6-17(14-21(20)26)16-31(13-12-27-23-9-7-19(15-29-23)32(33)34)24-28-11-10-22(30-24)18-4-2-1-3-5-18/h2-11,14-15H,12-13,16H2,(H,27,29). The molecule has 171 valence electrons. The summed E-state index contributed by atoms with van der Waals surface area (Å²) in [6, 6.07) is 18.7. The Morgan fingerprint density at radius 2 is 1.85 bits per heavy atom. The molecule has 1 N–H and O–H groups in total. The quantitative estimate of drug-likeness (QED) is 0.286. The predicted octanol–water partition coefficient (Wildman–Crippen LogP) is 4.64. The normalized spacial score (nSPS) is 10.6. The van der Waals surface area contributed by atoms with Crippen molar-refractivity contribution in [3.05, 3.63) is 106 Å². The van der Waals surface area contributed by atoms with Crippen molar-refractivity contribution in [3.63, 3.8) is 0 Å². The van der Waals surface area contributed by atoms with E-state index >= 15 is 0 Å². The lowest BCUT2D eigenvalue weighted by Gasteiger charge is -2.23. The first-order valence-corrected chi connectivity index (χ1v) is 10.3. The third-order valence-corrected chi connectivity index (χ3v) is 4.94. The van der Waals surface area contributed by atoms with Gasteiger partial charge in [0.2, 0.25) is 5.95 Å². The minimum atomic E-state index is -0.930. The largest absolute Gasteiger partial charge is 0.368 e. The van der Waals surface area contributed by atoms with Gasteiger partial charge in [0.1, 0.15) is 12.0 Å². The average Bonchev–Trinajstić information content (AvgIpc) is 2.86. The minimum absolute atomic E-state index is 0.103. The first-order valence-electron chi connectivity index (χ1n) is 10.3. The highest BCUT2D eigenvalue weighted by Crippen LogP contribution is 2.20. The summed E-state index contributed by atoms with van der Waals surface area (Å²) in [6.45, 7) is 1.02. The minimum Gasteiger partial charge on any atom is -0.368 e. The molecule has 4 aromatic rings. The Labute approximate surface area is 194 Å². The second kappa shape index (κ2) is 10.4. The van der Waals surface area contributed by atoms with Crippen LogP contribution in [-0.2, 0) is 6.54 Å². The van der Waals surface area contributed by atoms with Gasteiger partial charge in [0.15, 0.2) is 11.6 Å². The molecule has 0 aliphatic carbocycles. The Kier molecular flexibility index (Phi) is 6.97. The molecule has 4 rings (SSSR count). The van der Waals surface area contributed by atoms with Crippen molar-refractivity contribution in [1.82, 2.24) is 15.0 Å². The summed E-state index contributed by atoms with van der Waals surface area (Å²) < 4.78 is 27.2. The summed E-state index contributed by atoms with van der Waals surface area (Å²) in [4.78, 5) is 25.2. The molecule has 1 radical (unpaired) electrons. The molecule has 0 aliphatic rings. The summed E-state index contributed by atoms with van der Waals surface area (Å²) in [5, 5.41) is 13.9. The van der Waals surface area contributed by atoms with Crippen molar-refractivity contribution in [1.29, 1.82) is 0 Å². The molecule has 0 atom stereocenters. The van der Waals surface area contributed by atoms with Crippen LogP contribution in [0.3, 0.4) is 0 Å². The molecule has 0 saturated carbocycles. The number of nitrogens with zero attached hydrogens (tertiary/aromatic N) is 5. The molecule has 2 heterocycles. The second-order valence-electron chi connectivity index (χ2n) is 7.29. The molecular weight excluding hydrogens is 442 g/mol. The number of rotatable bonds is 9. The van der Waals surface area contributed by atoms with Gasteiger partial charge in [-0.15, -0.1) is 0 Å². The molecule has 0 spiro atoms. The van der Waals surface area contributed by atoms with Crippen molar-refractivity contribution < 1.29 is 13.7 Å². The van der Waals surface area contributed by atoms with E-state index in [0.717, 1.165) is 17.7 Å². The third-order valence-electron chi connectivity index (χ3n) is 4.94. The molecular formula is C24H19F2N6O2. The van der Waals surface area contributed by atoms with Gasteiger partial charge in [0.05, 0.1) is 10.6 Å². The number of anilines is 2. The predicted molar refractivity (Wildman–Crippen MR) is 123 cm³/mol. The van der Waals surface area contributed by atoms with E-state index in [1.807, 2.05) is 17.0 Å². The van der Waals surface area contributed by atoms with Gasteiger partial charge in [-0.3, -0.25) is 10.1 Å². The van der Waals surface area contributed by atoms with Gasteiger partial charge in [-0.05, 0) is 35.9 Å². The van der Waals surface area contributed by atoms with Crippen LogP contribution in [0.2, 0.25) is 0 Å². The number of halogens is 2. The third kappa shape index (κ3) is 5.66. The zero-order valence-electron chi connectivity index (χ0n) is 17.9. The Morgan fingerprint density at radius 3 is 2.56 bits per heavy atom. The van der Waals surface area contributed by atoms with E-state index in [1.165, 1.54) is 24.4 Å². The van der Waals surface area contributed by atoms with E-state index in [2.05, 4.69) is 26.3 Å². The van der Waals surface area contributed by atoms with Crippen LogP contribution in [0.5, 0.6) is 0 Å². The maximum atomic E-state index is 13.8. The van der Waals surface area contributed by atoms with E-state index < -0.39 is 16.6 Å². The Balaban J connectivity index is 1.54. The maximum absolute atomic E-state index is 13.8. The highest BCUT2D eigenvalue weighted by atomic mass is 19.2. The SMILES string of the molecule is O=[N+]([O-])c1ccc(NCCN(Cc2ccc(F)c(F)c2)c2nccc(-c3cc[c]cc3)n2)nc1. The summed E-state index contributed by atoms with van der Waals surface area (Å²) in [5.74, 6) is -0.969. The van der Waals surface area contributed by atoms with E-state index in [0.29, 0.717) is 36.1 Å². The Bertz CT molecular complexity index is 1270. The van der Waals surface area contributed by atoms with Crippen molar-refractivity contribution >= 4 is 17.5 Å². The summed E-state index contributed by atoms with van der Waals surface area (Å²) in [7, 11) is 0. The summed E-state index contributed by atoms with van der Waals surface area (Å²) in [6.07, 6.45) is 2.81. The van der Waals surface area contributed by atoms with E-state index in [9.17, 15) is 18.9 Å². The number of hydrogen-bond acceptors (Lipinski definition) is 7. The first kappa shape index (κ1) is 22.7. The molecule has 8 nitrogen and oxygen atoms in total. The lowest BCUT2D eigenvalue weighted by molar-refractivity contribution is -0.385. The summed E-state index contributed by atoms with van der Waals surface area (Å²) >= 11 is 0.